The summed E-state index contributed by atoms with van der Waals surface area (Å²) in [6.07, 6.45) is 0. The minimum absolute atomic E-state index is 0.160. The number of nitrogens with zero attached hydrogens (tertiary/aromatic N) is 4. The molecule has 1 aliphatic heterocycles. The molecule has 1 fully saturated rings. The molecule has 1 unspecified atom stereocenters. The molecular weight excluding hydrogens is 370 g/mol. The van der Waals surface area contributed by atoms with Crippen LogP contribution >= 0.6 is 11.6 Å². The van der Waals surface area contributed by atoms with Crippen LogP contribution in [0.4, 0.5) is 5.82 Å². The van der Waals surface area contributed by atoms with E-state index in [1.807, 2.05) is 30.3 Å². The fraction of sp³-hybridized carbons (Fsp3) is 0.222. The summed E-state index contributed by atoms with van der Waals surface area (Å²) in [5.41, 5.74) is 6.86. The molecule has 1 saturated heterocycles. The molecule has 2 N–H and O–H groups in total. The lowest BCUT2D eigenvalue weighted by molar-refractivity contribution is -0.0103. The molecular formula is C18H16ClN5O3. The molecule has 27 heavy (non-hydrogen) atoms. The Bertz CT molecular complexity index is 942. The molecule has 8 nitrogen and oxygen atoms in total. The third kappa shape index (κ3) is 3.62. The van der Waals surface area contributed by atoms with Crippen molar-refractivity contribution >= 4 is 23.3 Å². The van der Waals surface area contributed by atoms with Crippen LogP contribution in [0.3, 0.4) is 0 Å². The van der Waals surface area contributed by atoms with Crippen molar-refractivity contribution in [3.8, 4) is 11.5 Å². The van der Waals surface area contributed by atoms with E-state index in [2.05, 4.69) is 15.2 Å². The number of rotatable bonds is 3. The molecule has 9 heteroatoms. The summed E-state index contributed by atoms with van der Waals surface area (Å²) in [7, 11) is 0. The van der Waals surface area contributed by atoms with Crippen LogP contribution < -0.4 is 5.73 Å². The average molecular weight is 386 g/mol. The van der Waals surface area contributed by atoms with Crippen molar-refractivity contribution in [1.29, 1.82) is 0 Å². The predicted octanol–water partition coefficient (Wildman–Crippen LogP) is 2.58. The second kappa shape index (κ2) is 7.34. The molecule has 0 aliphatic carbocycles. The molecule has 1 aliphatic rings. The maximum atomic E-state index is 13.0. The molecule has 1 amide bonds. The van der Waals surface area contributed by atoms with Crippen LogP contribution in [0.5, 0.6) is 0 Å². The van der Waals surface area contributed by atoms with Crippen molar-refractivity contribution < 1.29 is 13.9 Å². The number of hydrogen-bond acceptors (Lipinski definition) is 7. The number of anilines is 1. The largest absolute Gasteiger partial charge is 0.418 e. The number of ether oxygens (including phenoxy) is 1. The standard InChI is InChI=1S/C18H16ClN5O3/c19-14-8-12(9-15(20)21-14)18(25)24-6-7-26-10-13(24)17-23-22-16(27-17)11-4-2-1-3-5-11/h1-5,8-9,13H,6-7,10H2,(H2,20,21). The van der Waals surface area contributed by atoms with Gasteiger partial charge in [0.15, 0.2) is 0 Å². The van der Waals surface area contributed by atoms with E-state index in [-0.39, 0.29) is 23.5 Å². The summed E-state index contributed by atoms with van der Waals surface area (Å²) in [5, 5.41) is 8.38. The summed E-state index contributed by atoms with van der Waals surface area (Å²) < 4.78 is 11.3. The number of pyridine rings is 1. The zero-order chi connectivity index (χ0) is 18.8. The zero-order valence-corrected chi connectivity index (χ0v) is 15.0. The first-order valence-electron chi connectivity index (χ1n) is 8.32. The van der Waals surface area contributed by atoms with Gasteiger partial charge in [-0.2, -0.15) is 0 Å². The van der Waals surface area contributed by atoms with E-state index >= 15 is 0 Å². The first-order chi connectivity index (χ1) is 13.1. The van der Waals surface area contributed by atoms with E-state index in [4.69, 9.17) is 26.5 Å². The Labute approximate surface area is 159 Å². The summed E-state index contributed by atoms with van der Waals surface area (Å²) in [6.45, 7) is 1.05. The van der Waals surface area contributed by atoms with Gasteiger partial charge in [0.2, 0.25) is 11.8 Å². The van der Waals surface area contributed by atoms with Gasteiger partial charge in [-0.15, -0.1) is 10.2 Å². The normalized spacial score (nSPS) is 17.1. The Morgan fingerprint density at radius 3 is 2.81 bits per heavy atom. The highest BCUT2D eigenvalue weighted by Crippen LogP contribution is 2.28. The maximum Gasteiger partial charge on any atom is 0.254 e. The zero-order valence-electron chi connectivity index (χ0n) is 14.2. The smallest absolute Gasteiger partial charge is 0.254 e. The Balaban J connectivity index is 1.63. The number of nitrogen functional groups attached to an aromatic ring is 1. The number of aromatic nitrogens is 3. The number of halogens is 1. The summed E-state index contributed by atoms with van der Waals surface area (Å²) in [5.74, 6) is 0.633. The van der Waals surface area contributed by atoms with Gasteiger partial charge in [-0.25, -0.2) is 4.98 Å². The maximum absolute atomic E-state index is 13.0. The minimum Gasteiger partial charge on any atom is -0.418 e. The summed E-state index contributed by atoms with van der Waals surface area (Å²) >= 11 is 5.93. The van der Waals surface area contributed by atoms with E-state index in [9.17, 15) is 4.79 Å². The minimum atomic E-state index is -0.496. The quantitative estimate of drug-likeness (QED) is 0.690. The molecule has 3 heterocycles. The average Bonchev–Trinajstić information content (AvgIpc) is 3.17. The SMILES string of the molecule is Nc1cc(C(=O)N2CCOCC2c2nnc(-c3ccccc3)o2)cc(Cl)n1. The van der Waals surface area contributed by atoms with E-state index in [1.165, 1.54) is 12.1 Å². The third-order valence-electron chi connectivity index (χ3n) is 4.20. The number of nitrogens with two attached hydrogens (primary N) is 1. The van der Waals surface area contributed by atoms with Crippen LogP contribution in [0, 0.1) is 0 Å². The lowest BCUT2D eigenvalue weighted by Crippen LogP contribution is -2.43. The van der Waals surface area contributed by atoms with Gasteiger partial charge in [0, 0.05) is 17.7 Å². The Morgan fingerprint density at radius 2 is 2.04 bits per heavy atom. The molecule has 0 saturated carbocycles. The van der Waals surface area contributed by atoms with E-state index < -0.39 is 6.04 Å². The second-order valence-corrected chi connectivity index (χ2v) is 6.39. The van der Waals surface area contributed by atoms with E-state index in [0.29, 0.717) is 30.5 Å². The van der Waals surface area contributed by atoms with Gasteiger partial charge in [0.25, 0.3) is 5.91 Å². The van der Waals surface area contributed by atoms with E-state index in [0.717, 1.165) is 5.56 Å². The lowest BCUT2D eigenvalue weighted by Gasteiger charge is -2.33. The molecule has 4 rings (SSSR count). The van der Waals surface area contributed by atoms with Crippen molar-refractivity contribution in [2.45, 2.75) is 6.04 Å². The Hall–Kier alpha value is -2.97. The number of carbonyl (C=O) groups is 1. The monoisotopic (exact) mass is 385 g/mol. The molecule has 138 valence electrons. The first-order valence-corrected chi connectivity index (χ1v) is 8.70. The topological polar surface area (TPSA) is 107 Å². The van der Waals surface area contributed by atoms with Crippen LogP contribution in [0.25, 0.3) is 11.5 Å². The number of hydrogen-bond donors (Lipinski definition) is 1. The number of carbonyl (C=O) groups excluding carboxylic acids is 1. The van der Waals surface area contributed by atoms with Gasteiger partial charge in [0.05, 0.1) is 13.2 Å². The van der Waals surface area contributed by atoms with Gasteiger partial charge >= 0.3 is 0 Å². The van der Waals surface area contributed by atoms with Gasteiger partial charge < -0.3 is 19.8 Å². The predicted molar refractivity (Wildman–Crippen MR) is 98.0 cm³/mol. The van der Waals surface area contributed by atoms with E-state index in [1.54, 1.807) is 4.90 Å². The van der Waals surface area contributed by atoms with Crippen molar-refractivity contribution in [3.63, 3.8) is 0 Å². The van der Waals surface area contributed by atoms with Gasteiger partial charge in [0.1, 0.15) is 17.0 Å². The van der Waals surface area contributed by atoms with Crippen molar-refractivity contribution in [2.24, 2.45) is 0 Å². The second-order valence-electron chi connectivity index (χ2n) is 6.00. The first kappa shape index (κ1) is 17.4. The molecule has 0 bridgehead atoms. The Morgan fingerprint density at radius 1 is 1.22 bits per heavy atom. The highest BCUT2D eigenvalue weighted by molar-refractivity contribution is 6.29. The van der Waals surface area contributed by atoms with Crippen molar-refractivity contribution in [1.82, 2.24) is 20.1 Å². The fourth-order valence-electron chi connectivity index (χ4n) is 2.92. The number of morpholine rings is 1. The van der Waals surface area contributed by atoms with Gasteiger partial charge in [-0.05, 0) is 24.3 Å². The molecule has 0 spiro atoms. The van der Waals surface area contributed by atoms with Gasteiger partial charge in [-0.3, -0.25) is 4.79 Å². The lowest BCUT2D eigenvalue weighted by atomic mass is 10.1. The van der Waals surface area contributed by atoms with Crippen LogP contribution in [0.1, 0.15) is 22.3 Å². The molecule has 1 aromatic carbocycles. The summed E-state index contributed by atoms with van der Waals surface area (Å²) in [6, 6.07) is 11.9. The van der Waals surface area contributed by atoms with Crippen LogP contribution in [-0.4, -0.2) is 45.7 Å². The molecule has 0 radical (unpaired) electrons. The number of amides is 1. The highest BCUT2D eigenvalue weighted by Gasteiger charge is 2.33. The van der Waals surface area contributed by atoms with Crippen LogP contribution in [0.15, 0.2) is 46.9 Å². The molecule has 2 aromatic heterocycles. The van der Waals surface area contributed by atoms with Crippen molar-refractivity contribution in [3.05, 3.63) is 59.1 Å². The third-order valence-corrected chi connectivity index (χ3v) is 4.39. The number of benzene rings is 1. The van der Waals surface area contributed by atoms with Crippen molar-refractivity contribution in [2.75, 3.05) is 25.5 Å². The van der Waals surface area contributed by atoms with Crippen LogP contribution in [0.2, 0.25) is 5.15 Å². The highest BCUT2D eigenvalue weighted by atomic mass is 35.5. The van der Waals surface area contributed by atoms with Crippen LogP contribution in [-0.2, 0) is 4.74 Å². The Kier molecular flexibility index (Phi) is 4.74. The molecule has 3 aromatic rings. The molecule has 1 atom stereocenters. The van der Waals surface area contributed by atoms with Gasteiger partial charge in [-0.1, -0.05) is 29.8 Å². The fourth-order valence-corrected chi connectivity index (χ4v) is 3.14. The summed E-state index contributed by atoms with van der Waals surface area (Å²) in [4.78, 5) is 18.5.